The van der Waals surface area contributed by atoms with Crippen LogP contribution in [0.3, 0.4) is 0 Å². The minimum atomic E-state index is -0.500. The van der Waals surface area contributed by atoms with Gasteiger partial charge in [-0.15, -0.1) is 0 Å². The normalized spacial score (nSPS) is 14.2. The first-order chi connectivity index (χ1) is 15.1. The predicted octanol–water partition coefficient (Wildman–Crippen LogP) is 5.38. The number of ketones is 1. The maximum Gasteiger partial charge on any atom is 0.185 e. The Morgan fingerprint density at radius 1 is 1.10 bits per heavy atom. The fourth-order valence-corrected chi connectivity index (χ4v) is 3.37. The number of nitrogens with zero attached hydrogens (tertiary/aromatic N) is 1. The van der Waals surface area contributed by atoms with Crippen molar-refractivity contribution in [2.45, 2.75) is 6.61 Å². The minimum absolute atomic E-state index is 0.00272. The lowest BCUT2D eigenvalue weighted by molar-refractivity contribution is 0.104. The van der Waals surface area contributed by atoms with Gasteiger partial charge in [0.15, 0.2) is 5.78 Å². The highest BCUT2D eigenvalue weighted by Crippen LogP contribution is 2.22. The van der Waals surface area contributed by atoms with E-state index in [9.17, 15) is 9.18 Å². The first-order valence-corrected chi connectivity index (χ1v) is 10.3. The van der Waals surface area contributed by atoms with Gasteiger partial charge in [-0.3, -0.25) is 4.79 Å². The van der Waals surface area contributed by atoms with Crippen LogP contribution in [-0.2, 0) is 11.3 Å². The van der Waals surface area contributed by atoms with Gasteiger partial charge in [0.2, 0.25) is 0 Å². The van der Waals surface area contributed by atoms with Gasteiger partial charge in [0.25, 0.3) is 0 Å². The molecule has 0 unspecified atom stereocenters. The molecule has 4 rings (SSSR count). The number of furan rings is 1. The number of carbonyl (C=O) groups excluding carboxylic acids is 1. The number of morpholine rings is 1. The molecule has 3 aromatic rings. The quantitative estimate of drug-likeness (QED) is 0.364. The zero-order valence-electron chi connectivity index (χ0n) is 16.7. The van der Waals surface area contributed by atoms with Crippen molar-refractivity contribution in [1.82, 2.24) is 0 Å². The fraction of sp³-hybridized carbons (Fsp3) is 0.208. The summed E-state index contributed by atoms with van der Waals surface area (Å²) in [6, 6.07) is 15.2. The van der Waals surface area contributed by atoms with Gasteiger partial charge in [-0.25, -0.2) is 4.39 Å². The van der Waals surface area contributed by atoms with E-state index in [1.807, 2.05) is 24.3 Å². The second kappa shape index (κ2) is 9.81. The average molecular weight is 442 g/mol. The molecule has 0 amide bonds. The number of halogens is 2. The summed E-state index contributed by atoms with van der Waals surface area (Å²) < 4.78 is 29.8. The van der Waals surface area contributed by atoms with Gasteiger partial charge in [0.05, 0.1) is 18.2 Å². The summed E-state index contributed by atoms with van der Waals surface area (Å²) in [4.78, 5) is 14.7. The summed E-state index contributed by atoms with van der Waals surface area (Å²) in [5.74, 6) is 0.940. The molecular weight excluding hydrogens is 421 g/mol. The molecule has 0 N–H and O–H groups in total. The lowest BCUT2D eigenvalue weighted by Crippen LogP contribution is -2.36. The van der Waals surface area contributed by atoms with E-state index in [-0.39, 0.29) is 17.4 Å². The van der Waals surface area contributed by atoms with E-state index in [2.05, 4.69) is 4.90 Å². The number of allylic oxidation sites excluding steroid dienone is 1. The summed E-state index contributed by atoms with van der Waals surface area (Å²) in [7, 11) is 0. The molecule has 1 aliphatic heterocycles. The van der Waals surface area contributed by atoms with Crippen LogP contribution in [0.1, 0.15) is 21.9 Å². The Kier molecular flexibility index (Phi) is 6.70. The van der Waals surface area contributed by atoms with Crippen molar-refractivity contribution in [3.63, 3.8) is 0 Å². The van der Waals surface area contributed by atoms with E-state index in [1.54, 1.807) is 18.2 Å². The number of benzene rings is 2. The van der Waals surface area contributed by atoms with Crippen LogP contribution in [0, 0.1) is 5.82 Å². The topological polar surface area (TPSA) is 51.9 Å². The van der Waals surface area contributed by atoms with Crippen molar-refractivity contribution in [3.05, 3.63) is 88.6 Å². The Morgan fingerprint density at radius 3 is 2.61 bits per heavy atom. The summed E-state index contributed by atoms with van der Waals surface area (Å²) in [6.07, 6.45) is 3.10. The first-order valence-electron chi connectivity index (χ1n) is 9.90. The van der Waals surface area contributed by atoms with E-state index in [1.165, 1.54) is 24.3 Å². The molecule has 2 aromatic carbocycles. The Bertz CT molecular complexity index is 1070. The number of rotatable bonds is 7. The number of hydrogen-bond acceptors (Lipinski definition) is 5. The smallest absolute Gasteiger partial charge is 0.185 e. The van der Waals surface area contributed by atoms with E-state index in [0.717, 1.165) is 32.0 Å². The van der Waals surface area contributed by atoms with Crippen LogP contribution in [0.25, 0.3) is 6.08 Å². The van der Waals surface area contributed by atoms with Crippen molar-refractivity contribution < 1.29 is 23.1 Å². The third-order valence-corrected chi connectivity index (χ3v) is 5.17. The first kappa shape index (κ1) is 21.2. The van der Waals surface area contributed by atoms with Gasteiger partial charge >= 0.3 is 0 Å². The molecule has 0 atom stereocenters. The van der Waals surface area contributed by atoms with Gasteiger partial charge in [0, 0.05) is 30.4 Å². The molecule has 1 saturated heterocycles. The molecule has 1 aliphatic rings. The molecule has 0 spiro atoms. The SMILES string of the molecule is O=C(/C=C/c1ccc(COc2ccc(F)c(Cl)c2)o1)c1ccc(N2CCOCC2)cc1. The molecule has 31 heavy (non-hydrogen) atoms. The van der Waals surface area contributed by atoms with Gasteiger partial charge in [0.1, 0.15) is 29.7 Å². The summed E-state index contributed by atoms with van der Waals surface area (Å²) in [5, 5.41) is -0.00272. The minimum Gasteiger partial charge on any atom is -0.486 e. The van der Waals surface area contributed by atoms with E-state index >= 15 is 0 Å². The lowest BCUT2D eigenvalue weighted by atomic mass is 10.1. The maximum atomic E-state index is 13.2. The second-order valence-corrected chi connectivity index (χ2v) is 7.42. The molecule has 0 aliphatic carbocycles. The van der Waals surface area contributed by atoms with Gasteiger partial charge < -0.3 is 18.8 Å². The number of carbonyl (C=O) groups is 1. The lowest BCUT2D eigenvalue weighted by Gasteiger charge is -2.28. The average Bonchev–Trinajstić information content (AvgIpc) is 3.27. The van der Waals surface area contributed by atoms with Crippen LogP contribution in [0.2, 0.25) is 5.02 Å². The fourth-order valence-electron chi connectivity index (χ4n) is 3.19. The summed E-state index contributed by atoms with van der Waals surface area (Å²) in [6.45, 7) is 3.30. The highest BCUT2D eigenvalue weighted by Gasteiger charge is 2.12. The molecule has 2 heterocycles. The molecule has 160 valence electrons. The summed E-state index contributed by atoms with van der Waals surface area (Å²) in [5.41, 5.74) is 1.69. The van der Waals surface area contributed by atoms with E-state index in [4.69, 9.17) is 25.5 Å². The zero-order valence-corrected chi connectivity index (χ0v) is 17.5. The van der Waals surface area contributed by atoms with Crippen molar-refractivity contribution in [2.75, 3.05) is 31.2 Å². The Hall–Kier alpha value is -3.09. The van der Waals surface area contributed by atoms with Crippen LogP contribution in [0.5, 0.6) is 5.75 Å². The molecule has 7 heteroatoms. The van der Waals surface area contributed by atoms with Crippen LogP contribution in [0.4, 0.5) is 10.1 Å². The molecular formula is C24H21ClFNO4. The zero-order chi connectivity index (χ0) is 21.6. The molecule has 1 fully saturated rings. The van der Waals surface area contributed by atoms with Crippen molar-refractivity contribution >= 4 is 29.1 Å². The highest BCUT2D eigenvalue weighted by atomic mass is 35.5. The molecule has 0 saturated carbocycles. The van der Waals surface area contributed by atoms with E-state index < -0.39 is 5.82 Å². The molecule has 5 nitrogen and oxygen atoms in total. The van der Waals surface area contributed by atoms with E-state index in [0.29, 0.717) is 22.8 Å². The monoisotopic (exact) mass is 441 g/mol. The van der Waals surface area contributed by atoms with Crippen molar-refractivity contribution in [2.24, 2.45) is 0 Å². The van der Waals surface area contributed by atoms with Gasteiger partial charge in [-0.1, -0.05) is 11.6 Å². The third-order valence-electron chi connectivity index (χ3n) is 4.88. The van der Waals surface area contributed by atoms with Gasteiger partial charge in [-0.05, 0) is 60.7 Å². The maximum absolute atomic E-state index is 13.2. The number of hydrogen-bond donors (Lipinski definition) is 0. The van der Waals surface area contributed by atoms with Crippen molar-refractivity contribution in [1.29, 1.82) is 0 Å². The van der Waals surface area contributed by atoms with Crippen LogP contribution in [0.15, 0.2) is 65.1 Å². The standard InChI is InChI=1S/C24H21ClFNO4/c25-22-15-20(7-9-23(22)26)30-16-21-6-5-19(31-21)8-10-24(28)17-1-3-18(4-2-17)27-11-13-29-14-12-27/h1-10,15H,11-14,16H2/b10-8+. The predicted molar refractivity (Wildman–Crippen MR) is 117 cm³/mol. The number of anilines is 1. The largest absolute Gasteiger partial charge is 0.486 e. The molecule has 0 bridgehead atoms. The second-order valence-electron chi connectivity index (χ2n) is 7.01. The molecule has 1 aromatic heterocycles. The highest BCUT2D eigenvalue weighted by molar-refractivity contribution is 6.30. The Balaban J connectivity index is 1.32. The summed E-state index contributed by atoms with van der Waals surface area (Å²) >= 11 is 5.74. The number of ether oxygens (including phenoxy) is 2. The Morgan fingerprint density at radius 2 is 1.87 bits per heavy atom. The Labute approximate surface area is 184 Å². The molecule has 0 radical (unpaired) electrons. The van der Waals surface area contributed by atoms with Crippen LogP contribution in [-0.4, -0.2) is 32.1 Å². The third kappa shape index (κ3) is 5.54. The van der Waals surface area contributed by atoms with Crippen molar-refractivity contribution in [3.8, 4) is 5.75 Å². The van der Waals surface area contributed by atoms with Gasteiger partial charge in [-0.2, -0.15) is 0 Å². The van der Waals surface area contributed by atoms with Crippen LogP contribution < -0.4 is 9.64 Å². The van der Waals surface area contributed by atoms with Crippen LogP contribution >= 0.6 is 11.6 Å².